The highest BCUT2D eigenvalue weighted by Gasteiger charge is 2.06. The lowest BCUT2D eigenvalue weighted by Crippen LogP contribution is -1.85. The van der Waals surface area contributed by atoms with E-state index in [-0.39, 0.29) is 0 Å². The van der Waals surface area contributed by atoms with Gasteiger partial charge in [-0.3, -0.25) is 0 Å². The maximum atomic E-state index is 9.32. The standard InChI is InChI=1S/C20H13N/c1-13-6-7-16(12-21)20-11-18-9-15-5-3-2-4-14(15)8-17(18)10-19(13)20/h2-11H,1H3. The smallest absolute Gasteiger partial charge is 0.0998 e. The lowest BCUT2D eigenvalue weighted by atomic mass is 9.95. The van der Waals surface area contributed by atoms with E-state index in [1.165, 1.54) is 27.1 Å². The number of nitrogens with zero attached hydrogens (tertiary/aromatic N) is 1. The summed E-state index contributed by atoms with van der Waals surface area (Å²) in [6.07, 6.45) is 0. The van der Waals surface area contributed by atoms with Gasteiger partial charge in [0.15, 0.2) is 0 Å². The van der Waals surface area contributed by atoms with Gasteiger partial charge in [-0.25, -0.2) is 0 Å². The van der Waals surface area contributed by atoms with Crippen LogP contribution in [0.15, 0.2) is 60.7 Å². The fraction of sp³-hybridized carbons (Fsp3) is 0.0500. The Kier molecular flexibility index (Phi) is 2.46. The van der Waals surface area contributed by atoms with Crippen molar-refractivity contribution in [2.45, 2.75) is 6.92 Å². The molecule has 0 atom stereocenters. The fourth-order valence-corrected chi connectivity index (χ4v) is 3.03. The van der Waals surface area contributed by atoms with Gasteiger partial charge in [0.1, 0.15) is 0 Å². The predicted octanol–water partition coefficient (Wildman–Crippen LogP) is 5.33. The maximum absolute atomic E-state index is 9.32. The van der Waals surface area contributed by atoms with Gasteiger partial charge < -0.3 is 0 Å². The second kappa shape index (κ2) is 4.33. The van der Waals surface area contributed by atoms with Crippen molar-refractivity contribution >= 4 is 32.3 Å². The highest BCUT2D eigenvalue weighted by atomic mass is 14.2. The molecule has 0 saturated heterocycles. The molecule has 98 valence electrons. The summed E-state index contributed by atoms with van der Waals surface area (Å²) >= 11 is 0. The molecule has 0 aliphatic heterocycles. The quantitative estimate of drug-likeness (QED) is 0.395. The summed E-state index contributed by atoms with van der Waals surface area (Å²) in [6, 6.07) is 23.4. The molecule has 0 N–H and O–H groups in total. The Morgan fingerprint density at radius 3 is 1.95 bits per heavy atom. The van der Waals surface area contributed by atoms with Crippen LogP contribution >= 0.6 is 0 Å². The topological polar surface area (TPSA) is 23.8 Å². The van der Waals surface area contributed by atoms with Crippen LogP contribution in [0.5, 0.6) is 0 Å². The van der Waals surface area contributed by atoms with E-state index in [0.717, 1.165) is 16.3 Å². The summed E-state index contributed by atoms with van der Waals surface area (Å²) in [4.78, 5) is 0. The lowest BCUT2D eigenvalue weighted by molar-refractivity contribution is 1.48. The summed E-state index contributed by atoms with van der Waals surface area (Å²) in [5.41, 5.74) is 1.95. The Balaban J connectivity index is 2.21. The minimum Gasteiger partial charge on any atom is -0.192 e. The average molecular weight is 267 g/mol. The summed E-state index contributed by atoms with van der Waals surface area (Å²) < 4.78 is 0. The number of rotatable bonds is 0. The molecule has 0 bridgehead atoms. The molecule has 0 heterocycles. The van der Waals surface area contributed by atoms with Gasteiger partial charge in [-0.05, 0) is 69.8 Å². The Hall–Kier alpha value is -2.85. The van der Waals surface area contributed by atoms with Crippen molar-refractivity contribution in [3.8, 4) is 6.07 Å². The van der Waals surface area contributed by atoms with Gasteiger partial charge in [-0.1, -0.05) is 30.3 Å². The average Bonchev–Trinajstić information content (AvgIpc) is 2.52. The number of hydrogen-bond donors (Lipinski definition) is 0. The van der Waals surface area contributed by atoms with Crippen LogP contribution in [0.2, 0.25) is 0 Å². The van der Waals surface area contributed by atoms with Crippen LogP contribution in [-0.2, 0) is 0 Å². The van der Waals surface area contributed by atoms with E-state index >= 15 is 0 Å². The molecule has 0 aliphatic carbocycles. The van der Waals surface area contributed by atoms with Crippen molar-refractivity contribution in [1.82, 2.24) is 0 Å². The molecule has 21 heavy (non-hydrogen) atoms. The predicted molar refractivity (Wildman–Crippen MR) is 88.4 cm³/mol. The third-order valence-corrected chi connectivity index (χ3v) is 4.18. The van der Waals surface area contributed by atoms with E-state index in [1.54, 1.807) is 0 Å². The molecule has 4 rings (SSSR count). The van der Waals surface area contributed by atoms with Crippen molar-refractivity contribution in [2.24, 2.45) is 0 Å². The number of aryl methyl sites for hydroxylation is 1. The molecule has 0 aromatic heterocycles. The minimum absolute atomic E-state index is 0.741. The van der Waals surface area contributed by atoms with Gasteiger partial charge >= 0.3 is 0 Å². The van der Waals surface area contributed by atoms with Crippen LogP contribution in [0.4, 0.5) is 0 Å². The lowest BCUT2D eigenvalue weighted by Gasteiger charge is -2.08. The van der Waals surface area contributed by atoms with Crippen molar-refractivity contribution < 1.29 is 0 Å². The SMILES string of the molecule is Cc1ccc(C#N)c2cc3cc4ccccc4cc3cc12. The molecule has 0 saturated carbocycles. The molecule has 0 radical (unpaired) electrons. The molecular formula is C20H13N. The van der Waals surface area contributed by atoms with E-state index in [1.807, 2.05) is 12.1 Å². The first-order valence-corrected chi connectivity index (χ1v) is 7.02. The van der Waals surface area contributed by atoms with E-state index in [2.05, 4.69) is 61.5 Å². The van der Waals surface area contributed by atoms with Gasteiger partial charge in [-0.15, -0.1) is 0 Å². The van der Waals surface area contributed by atoms with Crippen molar-refractivity contribution in [3.05, 3.63) is 71.8 Å². The largest absolute Gasteiger partial charge is 0.192 e. The molecule has 4 aromatic rings. The second-order valence-electron chi connectivity index (χ2n) is 5.49. The van der Waals surface area contributed by atoms with Crippen LogP contribution in [-0.4, -0.2) is 0 Å². The van der Waals surface area contributed by atoms with Crippen LogP contribution in [0.1, 0.15) is 11.1 Å². The molecule has 0 unspecified atom stereocenters. The van der Waals surface area contributed by atoms with Crippen molar-refractivity contribution in [2.75, 3.05) is 0 Å². The zero-order chi connectivity index (χ0) is 14.4. The summed E-state index contributed by atoms with van der Waals surface area (Å²) in [7, 11) is 0. The van der Waals surface area contributed by atoms with Gasteiger partial charge in [0.25, 0.3) is 0 Å². The molecular weight excluding hydrogens is 254 g/mol. The van der Waals surface area contributed by atoms with Gasteiger partial charge in [0.05, 0.1) is 11.6 Å². The molecule has 0 aliphatic rings. The van der Waals surface area contributed by atoms with Gasteiger partial charge in [0, 0.05) is 5.39 Å². The summed E-state index contributed by atoms with van der Waals surface area (Å²) in [5.74, 6) is 0. The number of benzene rings is 4. The van der Waals surface area contributed by atoms with Crippen LogP contribution < -0.4 is 0 Å². The molecule has 1 nitrogen and oxygen atoms in total. The number of hydrogen-bond acceptors (Lipinski definition) is 1. The van der Waals surface area contributed by atoms with Crippen molar-refractivity contribution in [1.29, 1.82) is 5.26 Å². The Morgan fingerprint density at radius 1 is 0.714 bits per heavy atom. The van der Waals surface area contributed by atoms with Crippen molar-refractivity contribution in [3.63, 3.8) is 0 Å². The normalized spacial score (nSPS) is 11.0. The van der Waals surface area contributed by atoms with Gasteiger partial charge in [-0.2, -0.15) is 5.26 Å². The Labute approximate surface area is 123 Å². The number of fused-ring (bicyclic) bond motifs is 3. The zero-order valence-electron chi connectivity index (χ0n) is 11.7. The third-order valence-electron chi connectivity index (χ3n) is 4.18. The van der Waals surface area contributed by atoms with Crippen LogP contribution in [0.3, 0.4) is 0 Å². The molecule has 0 amide bonds. The molecule has 0 fully saturated rings. The van der Waals surface area contributed by atoms with E-state index < -0.39 is 0 Å². The van der Waals surface area contributed by atoms with E-state index in [0.29, 0.717) is 0 Å². The van der Waals surface area contributed by atoms with Crippen LogP contribution in [0.25, 0.3) is 32.3 Å². The van der Waals surface area contributed by atoms with Gasteiger partial charge in [0.2, 0.25) is 0 Å². The summed E-state index contributed by atoms with van der Waals surface area (Å²) in [6.45, 7) is 2.09. The minimum atomic E-state index is 0.741. The first-order chi connectivity index (χ1) is 10.3. The molecule has 4 aromatic carbocycles. The first-order valence-electron chi connectivity index (χ1n) is 7.02. The second-order valence-corrected chi connectivity index (χ2v) is 5.49. The monoisotopic (exact) mass is 267 g/mol. The van der Waals surface area contributed by atoms with E-state index in [4.69, 9.17) is 0 Å². The molecule has 0 spiro atoms. The molecule has 1 heteroatoms. The zero-order valence-corrected chi connectivity index (χ0v) is 11.7. The van der Waals surface area contributed by atoms with E-state index in [9.17, 15) is 5.26 Å². The highest BCUT2D eigenvalue weighted by Crippen LogP contribution is 2.30. The first kappa shape index (κ1) is 11.9. The third kappa shape index (κ3) is 1.77. The summed E-state index contributed by atoms with van der Waals surface area (Å²) in [5, 5.41) is 16.4. The fourth-order valence-electron chi connectivity index (χ4n) is 3.03. The highest BCUT2D eigenvalue weighted by molar-refractivity contribution is 6.06. The van der Waals surface area contributed by atoms with Crippen LogP contribution in [0, 0.1) is 18.3 Å². The number of nitriles is 1. The Morgan fingerprint density at radius 2 is 1.33 bits per heavy atom. The maximum Gasteiger partial charge on any atom is 0.0998 e. The Bertz CT molecular complexity index is 1050.